The van der Waals surface area contributed by atoms with Crippen molar-refractivity contribution in [1.82, 2.24) is 5.32 Å². The Kier molecular flexibility index (Phi) is 6.24. The number of hydrogen-bond donors (Lipinski definition) is 2. The molecule has 3 N–H and O–H groups in total. The molecule has 5 heteroatoms. The van der Waals surface area contributed by atoms with Gasteiger partial charge in [-0.15, -0.1) is 0 Å². The van der Waals surface area contributed by atoms with Gasteiger partial charge in [0.1, 0.15) is 6.04 Å². The van der Waals surface area contributed by atoms with Gasteiger partial charge >= 0.3 is 0 Å². The van der Waals surface area contributed by atoms with Gasteiger partial charge < -0.3 is 11.1 Å². The van der Waals surface area contributed by atoms with Crippen molar-refractivity contribution in [2.24, 2.45) is 5.73 Å². The zero-order valence-corrected chi connectivity index (χ0v) is 16.7. The van der Waals surface area contributed by atoms with Gasteiger partial charge in [0.25, 0.3) is 5.91 Å². The summed E-state index contributed by atoms with van der Waals surface area (Å²) >= 11 is 2.21. The van der Waals surface area contributed by atoms with E-state index in [0.717, 1.165) is 20.3 Å². The fourth-order valence-corrected chi connectivity index (χ4v) is 3.40. The van der Waals surface area contributed by atoms with E-state index in [1.807, 2.05) is 66.7 Å². The van der Waals surface area contributed by atoms with Crippen molar-refractivity contribution in [1.29, 1.82) is 0 Å². The van der Waals surface area contributed by atoms with Crippen molar-refractivity contribution in [3.05, 3.63) is 93.6 Å². The average molecular weight is 470 g/mol. The molecule has 3 aromatic rings. The second-order valence-electron chi connectivity index (χ2n) is 6.17. The summed E-state index contributed by atoms with van der Waals surface area (Å²) in [6, 6.07) is 24.2. The Labute approximate surface area is 171 Å². The van der Waals surface area contributed by atoms with E-state index in [9.17, 15) is 9.59 Å². The molecule has 3 rings (SSSR count). The third kappa shape index (κ3) is 4.95. The monoisotopic (exact) mass is 470 g/mol. The number of hydrogen-bond acceptors (Lipinski definition) is 2. The molecule has 0 bridgehead atoms. The highest BCUT2D eigenvalue weighted by Gasteiger charge is 2.20. The highest BCUT2D eigenvalue weighted by Crippen LogP contribution is 2.19. The number of halogens is 1. The van der Waals surface area contributed by atoms with E-state index in [2.05, 4.69) is 27.9 Å². The number of nitrogens with two attached hydrogens (primary N) is 1. The van der Waals surface area contributed by atoms with Crippen molar-refractivity contribution < 1.29 is 9.59 Å². The maximum Gasteiger partial charge on any atom is 0.251 e. The molecular weight excluding hydrogens is 451 g/mol. The van der Waals surface area contributed by atoms with Crippen LogP contribution in [0.25, 0.3) is 11.1 Å². The molecule has 0 aromatic heterocycles. The van der Waals surface area contributed by atoms with Gasteiger partial charge in [-0.3, -0.25) is 9.59 Å². The number of amides is 2. The Hall–Kier alpha value is -2.67. The predicted octanol–water partition coefficient (Wildman–Crippen LogP) is 3.78. The molecule has 27 heavy (non-hydrogen) atoms. The van der Waals surface area contributed by atoms with Gasteiger partial charge in [-0.05, 0) is 57.5 Å². The fraction of sp³-hybridized carbons (Fsp3) is 0.0909. The molecule has 0 radical (unpaired) electrons. The SMILES string of the molecule is NC(=O)[C@H](Cc1ccccc1I)NC(=O)c1ccc(-c2ccccc2)cc1. The number of primary amides is 1. The maximum absolute atomic E-state index is 12.6. The van der Waals surface area contributed by atoms with Crippen LogP contribution in [0.3, 0.4) is 0 Å². The second-order valence-corrected chi connectivity index (χ2v) is 7.33. The molecule has 0 fully saturated rings. The zero-order valence-electron chi connectivity index (χ0n) is 14.6. The van der Waals surface area contributed by atoms with Gasteiger partial charge in [0.05, 0.1) is 0 Å². The van der Waals surface area contributed by atoms with Crippen molar-refractivity contribution in [2.75, 3.05) is 0 Å². The van der Waals surface area contributed by atoms with Gasteiger partial charge in [-0.1, -0.05) is 60.7 Å². The largest absolute Gasteiger partial charge is 0.368 e. The molecule has 3 aromatic carbocycles. The molecule has 136 valence electrons. The summed E-state index contributed by atoms with van der Waals surface area (Å²) in [5.74, 6) is -0.867. The number of carbonyl (C=O) groups excluding carboxylic acids is 2. The van der Waals surface area contributed by atoms with Crippen LogP contribution in [0.5, 0.6) is 0 Å². The first kappa shape index (κ1) is 19.1. The first-order valence-corrected chi connectivity index (χ1v) is 9.61. The topological polar surface area (TPSA) is 72.2 Å². The Morgan fingerprint density at radius 2 is 1.44 bits per heavy atom. The molecule has 1 atom stereocenters. The lowest BCUT2D eigenvalue weighted by atomic mass is 10.0. The molecule has 0 unspecified atom stereocenters. The van der Waals surface area contributed by atoms with Gasteiger partial charge in [0.2, 0.25) is 5.91 Å². The Morgan fingerprint density at radius 3 is 2.07 bits per heavy atom. The van der Waals surface area contributed by atoms with E-state index >= 15 is 0 Å². The van der Waals surface area contributed by atoms with Crippen LogP contribution in [0.1, 0.15) is 15.9 Å². The van der Waals surface area contributed by atoms with Crippen LogP contribution in [0.4, 0.5) is 0 Å². The van der Waals surface area contributed by atoms with Gasteiger partial charge in [-0.25, -0.2) is 0 Å². The van der Waals surface area contributed by atoms with E-state index in [-0.39, 0.29) is 5.91 Å². The summed E-state index contributed by atoms with van der Waals surface area (Å²) in [5.41, 5.74) is 9.08. The molecule has 0 spiro atoms. The van der Waals surface area contributed by atoms with E-state index in [1.165, 1.54) is 0 Å². The minimum absolute atomic E-state index is 0.315. The van der Waals surface area contributed by atoms with Crippen LogP contribution in [0, 0.1) is 3.57 Å². The van der Waals surface area contributed by atoms with Crippen LogP contribution in [0.15, 0.2) is 78.9 Å². The van der Waals surface area contributed by atoms with Crippen LogP contribution in [-0.2, 0) is 11.2 Å². The van der Waals surface area contributed by atoms with Crippen molar-refractivity contribution in [3.63, 3.8) is 0 Å². The Balaban J connectivity index is 1.72. The molecule has 0 aliphatic carbocycles. The average Bonchev–Trinajstić information content (AvgIpc) is 2.69. The number of nitrogens with one attached hydrogen (secondary N) is 1. The summed E-state index contributed by atoms with van der Waals surface area (Å²) in [4.78, 5) is 24.4. The molecule has 0 saturated heterocycles. The Bertz CT molecular complexity index is 940. The van der Waals surface area contributed by atoms with Crippen molar-refractivity contribution in [2.45, 2.75) is 12.5 Å². The lowest BCUT2D eigenvalue weighted by Gasteiger charge is -2.16. The normalized spacial score (nSPS) is 11.6. The minimum atomic E-state index is -0.762. The van der Waals surface area contributed by atoms with Crippen LogP contribution in [0.2, 0.25) is 0 Å². The van der Waals surface area contributed by atoms with Gasteiger partial charge in [0, 0.05) is 15.6 Å². The third-order valence-corrected chi connectivity index (χ3v) is 5.34. The fourth-order valence-electron chi connectivity index (χ4n) is 2.79. The second kappa shape index (κ2) is 8.81. The quantitative estimate of drug-likeness (QED) is 0.539. The first-order chi connectivity index (χ1) is 13.0. The minimum Gasteiger partial charge on any atom is -0.368 e. The third-order valence-electron chi connectivity index (χ3n) is 4.28. The van der Waals surface area contributed by atoms with Crippen LogP contribution < -0.4 is 11.1 Å². The standard InChI is InChI=1S/C22H19IN2O2/c23-19-9-5-4-8-18(19)14-20(21(24)26)25-22(27)17-12-10-16(11-13-17)15-6-2-1-3-7-15/h1-13,20H,14H2,(H2,24,26)(H,25,27)/t20-/m0/s1. The molecule has 0 heterocycles. The summed E-state index contributed by atoms with van der Waals surface area (Å²) in [6.45, 7) is 0. The molecule has 2 amide bonds. The zero-order chi connectivity index (χ0) is 19.2. The molecule has 0 aliphatic rings. The summed E-state index contributed by atoms with van der Waals surface area (Å²) in [7, 11) is 0. The van der Waals surface area contributed by atoms with Crippen LogP contribution >= 0.6 is 22.6 Å². The van der Waals surface area contributed by atoms with Crippen molar-refractivity contribution in [3.8, 4) is 11.1 Å². The first-order valence-electron chi connectivity index (χ1n) is 8.53. The van der Waals surface area contributed by atoms with Crippen LogP contribution in [-0.4, -0.2) is 17.9 Å². The summed E-state index contributed by atoms with van der Waals surface area (Å²) < 4.78 is 1.03. The molecule has 0 saturated carbocycles. The van der Waals surface area contributed by atoms with Gasteiger partial charge in [-0.2, -0.15) is 0 Å². The smallest absolute Gasteiger partial charge is 0.251 e. The summed E-state index contributed by atoms with van der Waals surface area (Å²) in [5, 5.41) is 2.75. The lowest BCUT2D eigenvalue weighted by molar-refractivity contribution is -0.119. The molecule has 0 aliphatic heterocycles. The lowest BCUT2D eigenvalue weighted by Crippen LogP contribution is -2.46. The molecular formula is C22H19IN2O2. The summed E-state index contributed by atoms with van der Waals surface area (Å²) in [6.07, 6.45) is 0.363. The van der Waals surface area contributed by atoms with E-state index < -0.39 is 11.9 Å². The maximum atomic E-state index is 12.6. The van der Waals surface area contributed by atoms with E-state index in [0.29, 0.717) is 12.0 Å². The number of rotatable bonds is 6. The van der Waals surface area contributed by atoms with Gasteiger partial charge in [0.15, 0.2) is 0 Å². The predicted molar refractivity (Wildman–Crippen MR) is 115 cm³/mol. The number of carbonyl (C=O) groups is 2. The number of benzene rings is 3. The molecule has 4 nitrogen and oxygen atoms in total. The van der Waals surface area contributed by atoms with Crippen molar-refractivity contribution >= 4 is 34.4 Å². The highest BCUT2D eigenvalue weighted by atomic mass is 127. The van der Waals surface area contributed by atoms with E-state index in [1.54, 1.807) is 12.1 Å². The highest BCUT2D eigenvalue weighted by molar-refractivity contribution is 14.1. The Morgan fingerprint density at radius 1 is 0.852 bits per heavy atom. The van der Waals surface area contributed by atoms with E-state index in [4.69, 9.17) is 5.73 Å².